The highest BCUT2D eigenvalue weighted by Crippen LogP contribution is 2.40. The molecule has 7 nitrogen and oxygen atoms in total. The topological polar surface area (TPSA) is 81.9 Å². The van der Waals surface area contributed by atoms with Gasteiger partial charge in [-0.15, -0.1) is 11.3 Å². The summed E-state index contributed by atoms with van der Waals surface area (Å²) < 4.78 is 9.72. The molecule has 0 unspecified atom stereocenters. The van der Waals surface area contributed by atoms with E-state index in [1.165, 1.54) is 0 Å². The summed E-state index contributed by atoms with van der Waals surface area (Å²) in [5.74, 6) is 0.829. The molecule has 1 aliphatic carbocycles. The maximum atomic E-state index is 11.7. The van der Waals surface area contributed by atoms with Crippen LogP contribution in [0.2, 0.25) is 0 Å². The smallest absolute Gasteiger partial charge is 0.241 e. The molecule has 1 aliphatic heterocycles. The molecule has 0 spiro atoms. The van der Waals surface area contributed by atoms with Crippen LogP contribution in [0.5, 0.6) is 5.88 Å². The van der Waals surface area contributed by atoms with Crippen LogP contribution < -0.4 is 10.1 Å². The van der Waals surface area contributed by atoms with Gasteiger partial charge in [-0.3, -0.25) is 4.79 Å². The number of imidazole rings is 1. The van der Waals surface area contributed by atoms with E-state index < -0.39 is 0 Å². The molecule has 0 radical (unpaired) electrons. The van der Waals surface area contributed by atoms with Gasteiger partial charge in [0.2, 0.25) is 11.8 Å². The van der Waals surface area contributed by atoms with E-state index >= 15 is 0 Å². The number of nitrogens with zero attached hydrogens (tertiary/aromatic N) is 4. The summed E-state index contributed by atoms with van der Waals surface area (Å²) >= 11 is 1.62. The minimum Gasteiger partial charge on any atom is -0.473 e. The van der Waals surface area contributed by atoms with Crippen LogP contribution in [0.3, 0.4) is 0 Å². The van der Waals surface area contributed by atoms with Crippen LogP contribution in [0.25, 0.3) is 32.5 Å². The second-order valence-corrected chi connectivity index (χ2v) is 9.08. The number of benzene rings is 1. The molecule has 2 aliphatic rings. The van der Waals surface area contributed by atoms with E-state index in [0.29, 0.717) is 24.9 Å². The molecule has 4 heterocycles. The normalized spacial score (nSPS) is 20.0. The lowest BCUT2D eigenvalue weighted by Crippen LogP contribution is -2.26. The second-order valence-electron chi connectivity index (χ2n) is 8.19. The van der Waals surface area contributed by atoms with Crippen molar-refractivity contribution < 1.29 is 9.53 Å². The van der Waals surface area contributed by atoms with Crippen LogP contribution in [0.4, 0.5) is 0 Å². The Morgan fingerprint density at radius 1 is 1.23 bits per heavy atom. The number of carbonyl (C=O) groups is 1. The van der Waals surface area contributed by atoms with Gasteiger partial charge in [-0.05, 0) is 38.0 Å². The Morgan fingerprint density at radius 2 is 2.13 bits per heavy atom. The van der Waals surface area contributed by atoms with Gasteiger partial charge in [-0.25, -0.2) is 15.0 Å². The Kier molecular flexibility index (Phi) is 4.02. The Bertz CT molecular complexity index is 1280. The van der Waals surface area contributed by atoms with E-state index in [1.807, 2.05) is 37.0 Å². The lowest BCUT2D eigenvalue weighted by Gasteiger charge is -2.20. The molecule has 1 saturated heterocycles. The number of hydrogen-bond donors (Lipinski definition) is 1. The molecule has 30 heavy (non-hydrogen) atoms. The molecule has 3 aromatic heterocycles. The molecule has 1 aromatic carbocycles. The summed E-state index contributed by atoms with van der Waals surface area (Å²) in [4.78, 5) is 25.6. The predicted octanol–water partition coefficient (Wildman–Crippen LogP) is 3.95. The van der Waals surface area contributed by atoms with Crippen molar-refractivity contribution in [3.05, 3.63) is 36.1 Å². The fourth-order valence-corrected chi connectivity index (χ4v) is 4.85. The molecule has 6 rings (SSSR count). The number of fused-ring (bicyclic) bond motifs is 2. The average molecular weight is 420 g/mol. The number of hydrogen-bond acceptors (Lipinski definition) is 6. The van der Waals surface area contributed by atoms with Crippen molar-refractivity contribution in [2.24, 2.45) is 5.92 Å². The highest BCUT2D eigenvalue weighted by Gasteiger charge is 2.31. The van der Waals surface area contributed by atoms with Gasteiger partial charge in [0.05, 0.1) is 33.3 Å². The van der Waals surface area contributed by atoms with Gasteiger partial charge in [0.25, 0.3) is 0 Å². The molecule has 4 aromatic rings. The van der Waals surface area contributed by atoms with Gasteiger partial charge in [0.1, 0.15) is 11.6 Å². The minimum atomic E-state index is -0.124. The second kappa shape index (κ2) is 6.77. The first-order chi connectivity index (χ1) is 14.7. The van der Waals surface area contributed by atoms with Crippen molar-refractivity contribution in [3.63, 3.8) is 0 Å². The molecule has 8 heteroatoms. The molecular weight excluding hydrogens is 398 g/mol. The van der Waals surface area contributed by atoms with E-state index in [0.717, 1.165) is 45.3 Å². The first kappa shape index (κ1) is 17.8. The Balaban J connectivity index is 1.44. The maximum absolute atomic E-state index is 11.7. The zero-order chi connectivity index (χ0) is 20.2. The largest absolute Gasteiger partial charge is 0.473 e. The number of pyridine rings is 1. The third-order valence-electron chi connectivity index (χ3n) is 6.06. The van der Waals surface area contributed by atoms with E-state index in [2.05, 4.69) is 25.9 Å². The van der Waals surface area contributed by atoms with Crippen LogP contribution in [-0.2, 0) is 4.79 Å². The molecule has 152 valence electrons. The lowest BCUT2D eigenvalue weighted by molar-refractivity contribution is -0.119. The van der Waals surface area contributed by atoms with Crippen LogP contribution in [0, 0.1) is 5.92 Å². The van der Waals surface area contributed by atoms with Crippen LogP contribution in [-0.4, -0.2) is 38.1 Å². The van der Waals surface area contributed by atoms with Crippen molar-refractivity contribution in [2.75, 3.05) is 6.54 Å². The summed E-state index contributed by atoms with van der Waals surface area (Å²) in [6.45, 7) is 2.67. The number of rotatable bonds is 5. The summed E-state index contributed by atoms with van der Waals surface area (Å²) in [7, 11) is 0. The van der Waals surface area contributed by atoms with Gasteiger partial charge >= 0.3 is 0 Å². The summed E-state index contributed by atoms with van der Waals surface area (Å²) in [5, 5.41) is 2.90. The fourth-order valence-electron chi connectivity index (χ4n) is 4.13. The number of thiazole rings is 1. The predicted molar refractivity (Wildman–Crippen MR) is 116 cm³/mol. The van der Waals surface area contributed by atoms with Crippen molar-refractivity contribution in [1.29, 1.82) is 0 Å². The summed E-state index contributed by atoms with van der Waals surface area (Å²) in [6.07, 6.45) is 4.59. The van der Waals surface area contributed by atoms with Crippen LogP contribution in [0.1, 0.15) is 32.2 Å². The van der Waals surface area contributed by atoms with E-state index in [-0.39, 0.29) is 17.9 Å². The van der Waals surface area contributed by atoms with Crippen molar-refractivity contribution >= 4 is 38.5 Å². The molecule has 0 bridgehead atoms. The Labute approximate surface area is 177 Å². The first-order valence-electron chi connectivity index (χ1n) is 10.3. The summed E-state index contributed by atoms with van der Waals surface area (Å²) in [5.41, 5.74) is 6.54. The van der Waals surface area contributed by atoms with Crippen LogP contribution in [0.15, 0.2) is 36.1 Å². The zero-order valence-corrected chi connectivity index (χ0v) is 17.4. The van der Waals surface area contributed by atoms with E-state index in [4.69, 9.17) is 9.72 Å². The zero-order valence-electron chi connectivity index (χ0n) is 16.5. The van der Waals surface area contributed by atoms with Gasteiger partial charge in [-0.2, -0.15) is 0 Å². The third-order valence-corrected chi connectivity index (χ3v) is 6.85. The quantitative estimate of drug-likeness (QED) is 0.530. The lowest BCUT2D eigenvalue weighted by atomic mass is 10.0. The molecule has 1 amide bonds. The molecule has 1 N–H and O–H groups in total. The number of nitrogens with one attached hydrogen (secondary N) is 1. The molecule has 2 fully saturated rings. The Hall–Kier alpha value is -3.00. The highest BCUT2D eigenvalue weighted by atomic mass is 32.1. The number of amides is 1. The number of carbonyl (C=O) groups excluding carboxylic acids is 1. The van der Waals surface area contributed by atoms with Gasteiger partial charge in [0, 0.05) is 30.5 Å². The fraction of sp³-hybridized carbons (Fsp3) is 0.364. The van der Waals surface area contributed by atoms with Gasteiger partial charge in [-0.1, -0.05) is 6.07 Å². The summed E-state index contributed by atoms with van der Waals surface area (Å²) in [6, 6.07) is 8.69. The Morgan fingerprint density at radius 3 is 2.93 bits per heavy atom. The molecule has 2 atom stereocenters. The monoisotopic (exact) mass is 419 g/mol. The van der Waals surface area contributed by atoms with Crippen molar-refractivity contribution in [2.45, 2.75) is 38.3 Å². The van der Waals surface area contributed by atoms with Crippen LogP contribution >= 0.6 is 11.3 Å². The van der Waals surface area contributed by atoms with Crippen molar-refractivity contribution in [1.82, 2.24) is 24.8 Å². The standard InChI is InChI=1S/C22H21N5O2S/c1-12(14-7-20(28)23-9-14)29-22-21-18(24-10-27(21)15-3-4-15)8-17(26-22)13-2-5-16-19(6-13)30-11-25-16/h2,5-6,8,10-12,14-15H,3-4,7,9H2,1H3,(H,23,28)/t12-,14-/m1/s1. The number of aromatic nitrogens is 4. The SMILES string of the molecule is C[C@@H](Oc1nc(-c2ccc3ncsc3c2)cc2ncn(C3CC3)c12)[C@H]1CNC(=O)C1. The van der Waals surface area contributed by atoms with Gasteiger partial charge < -0.3 is 14.6 Å². The molecule has 1 saturated carbocycles. The van der Waals surface area contributed by atoms with E-state index in [9.17, 15) is 4.79 Å². The average Bonchev–Trinajstić information content (AvgIpc) is 3.14. The third kappa shape index (κ3) is 3.02. The highest BCUT2D eigenvalue weighted by molar-refractivity contribution is 7.16. The maximum Gasteiger partial charge on any atom is 0.241 e. The van der Waals surface area contributed by atoms with Gasteiger partial charge in [0.15, 0.2) is 0 Å². The molecular formula is C22H21N5O2S. The van der Waals surface area contributed by atoms with E-state index in [1.54, 1.807) is 11.3 Å². The first-order valence-corrected chi connectivity index (χ1v) is 11.2. The van der Waals surface area contributed by atoms with Crippen molar-refractivity contribution in [3.8, 4) is 17.1 Å². The minimum absolute atomic E-state index is 0.0863. The number of ether oxygens (including phenoxy) is 1.